The van der Waals surface area contributed by atoms with Crippen LogP contribution < -0.4 is 4.90 Å². The van der Waals surface area contributed by atoms with E-state index in [1.54, 1.807) is 24.3 Å². The number of hydrogen-bond donors (Lipinski definition) is 1. The predicted octanol–water partition coefficient (Wildman–Crippen LogP) is 4.64. The summed E-state index contributed by atoms with van der Waals surface area (Å²) >= 11 is 0. The molecule has 1 aromatic heterocycles. The van der Waals surface area contributed by atoms with Crippen LogP contribution in [0, 0.1) is 0 Å². The molecule has 0 fully saturated rings. The third-order valence-electron chi connectivity index (χ3n) is 4.76. The molecule has 0 saturated heterocycles. The van der Waals surface area contributed by atoms with Crippen molar-refractivity contribution in [3.8, 4) is 11.3 Å². The van der Waals surface area contributed by atoms with Gasteiger partial charge in [-0.1, -0.05) is 48.5 Å². The van der Waals surface area contributed by atoms with E-state index < -0.39 is 0 Å². The van der Waals surface area contributed by atoms with Crippen molar-refractivity contribution in [3.63, 3.8) is 0 Å². The Morgan fingerprint density at radius 1 is 0.654 bits per heavy atom. The molecule has 4 aromatic rings. The van der Waals surface area contributed by atoms with Gasteiger partial charge in [0.2, 0.25) is 0 Å². The topological polar surface area (TPSA) is 53.2 Å². The molecule has 3 aromatic carbocycles. The highest BCUT2D eigenvalue weighted by Crippen LogP contribution is 2.36. The van der Waals surface area contributed by atoms with Gasteiger partial charge in [0.15, 0.2) is 0 Å². The Balaban J connectivity index is 1.68. The summed E-state index contributed by atoms with van der Waals surface area (Å²) in [7, 11) is 0. The molecule has 0 bridgehead atoms. The second-order valence-corrected chi connectivity index (χ2v) is 6.28. The smallest absolute Gasteiger partial charge is 0.266 e. The van der Waals surface area contributed by atoms with Gasteiger partial charge >= 0.3 is 0 Å². The number of nitrogens with zero attached hydrogens (tertiary/aromatic N) is 1. The van der Waals surface area contributed by atoms with Crippen LogP contribution in [0.1, 0.15) is 20.7 Å². The van der Waals surface area contributed by atoms with Crippen molar-refractivity contribution in [3.05, 3.63) is 90.0 Å². The van der Waals surface area contributed by atoms with Gasteiger partial charge in [0, 0.05) is 22.2 Å². The van der Waals surface area contributed by atoms with E-state index in [-0.39, 0.29) is 11.8 Å². The SMILES string of the molecule is O=C1c2ccccc2C(=O)N1c1ccccc1-c1cc2ccccc2[nH]1. The number of carbonyl (C=O) groups is 2. The number of amides is 2. The van der Waals surface area contributed by atoms with Gasteiger partial charge < -0.3 is 4.98 Å². The van der Waals surface area contributed by atoms with E-state index in [9.17, 15) is 9.59 Å². The highest BCUT2D eigenvalue weighted by molar-refractivity contribution is 6.35. The minimum absolute atomic E-state index is 0.283. The molecule has 0 radical (unpaired) electrons. The van der Waals surface area contributed by atoms with Gasteiger partial charge in [-0.2, -0.15) is 0 Å². The summed E-state index contributed by atoms with van der Waals surface area (Å²) in [6, 6.07) is 24.4. The number of H-pyrrole nitrogens is 1. The number of anilines is 1. The lowest BCUT2D eigenvalue weighted by Crippen LogP contribution is -2.29. The third-order valence-corrected chi connectivity index (χ3v) is 4.76. The monoisotopic (exact) mass is 338 g/mol. The molecule has 2 amide bonds. The molecule has 124 valence electrons. The van der Waals surface area contributed by atoms with E-state index in [1.807, 2.05) is 54.6 Å². The van der Waals surface area contributed by atoms with Crippen LogP contribution in [0.2, 0.25) is 0 Å². The first-order chi connectivity index (χ1) is 12.7. The number of fused-ring (bicyclic) bond motifs is 2. The Hall–Kier alpha value is -3.66. The maximum atomic E-state index is 12.9. The molecule has 2 heterocycles. The third kappa shape index (κ3) is 2.02. The van der Waals surface area contributed by atoms with Crippen LogP contribution in [0.5, 0.6) is 0 Å². The molecule has 5 rings (SSSR count). The lowest BCUT2D eigenvalue weighted by atomic mass is 10.1. The fraction of sp³-hybridized carbons (Fsp3) is 0. The highest BCUT2D eigenvalue weighted by atomic mass is 16.2. The summed E-state index contributed by atoms with van der Waals surface area (Å²) < 4.78 is 0. The molecule has 26 heavy (non-hydrogen) atoms. The molecule has 4 heteroatoms. The van der Waals surface area contributed by atoms with Gasteiger partial charge in [-0.3, -0.25) is 9.59 Å². The normalized spacial score (nSPS) is 13.5. The van der Waals surface area contributed by atoms with Gasteiger partial charge in [0.05, 0.1) is 16.8 Å². The van der Waals surface area contributed by atoms with Crippen molar-refractivity contribution >= 4 is 28.4 Å². The van der Waals surface area contributed by atoms with Gasteiger partial charge in [0.25, 0.3) is 11.8 Å². The molecular formula is C22H14N2O2. The van der Waals surface area contributed by atoms with Crippen LogP contribution in [0.4, 0.5) is 5.69 Å². The van der Waals surface area contributed by atoms with Gasteiger partial charge in [0.1, 0.15) is 0 Å². The summed E-state index contributed by atoms with van der Waals surface area (Å²) in [6.45, 7) is 0. The Bertz CT molecular complexity index is 1120. The van der Waals surface area contributed by atoms with E-state index >= 15 is 0 Å². The first-order valence-electron chi connectivity index (χ1n) is 8.39. The largest absolute Gasteiger partial charge is 0.354 e. The molecule has 0 unspecified atom stereocenters. The summed E-state index contributed by atoms with van der Waals surface area (Å²) in [5, 5.41) is 1.08. The number of aromatic nitrogens is 1. The summed E-state index contributed by atoms with van der Waals surface area (Å²) in [6.07, 6.45) is 0. The van der Waals surface area contributed by atoms with Crippen LogP contribution in [-0.4, -0.2) is 16.8 Å². The lowest BCUT2D eigenvalue weighted by molar-refractivity contribution is 0.0926. The van der Waals surface area contributed by atoms with Gasteiger partial charge in [-0.05, 0) is 30.3 Å². The maximum absolute atomic E-state index is 12.9. The first kappa shape index (κ1) is 14.7. The molecule has 4 nitrogen and oxygen atoms in total. The lowest BCUT2D eigenvalue weighted by Gasteiger charge is -2.17. The Kier molecular flexibility index (Phi) is 3.06. The van der Waals surface area contributed by atoms with Crippen molar-refractivity contribution in [2.45, 2.75) is 0 Å². The van der Waals surface area contributed by atoms with Crippen LogP contribution in [0.15, 0.2) is 78.9 Å². The van der Waals surface area contributed by atoms with Crippen molar-refractivity contribution in [2.75, 3.05) is 4.90 Å². The summed E-state index contributed by atoms with van der Waals surface area (Å²) in [4.78, 5) is 30.4. The number of imide groups is 1. The van der Waals surface area contributed by atoms with Crippen molar-refractivity contribution in [2.24, 2.45) is 0 Å². The fourth-order valence-corrected chi connectivity index (χ4v) is 3.52. The predicted molar refractivity (Wildman–Crippen MR) is 101 cm³/mol. The highest BCUT2D eigenvalue weighted by Gasteiger charge is 2.37. The number of carbonyl (C=O) groups excluding carboxylic acids is 2. The van der Waals surface area contributed by atoms with E-state index in [1.165, 1.54) is 4.90 Å². The standard InChI is InChI=1S/C22H14N2O2/c25-21-15-8-2-3-9-16(15)22(26)24(21)20-12-6-4-10-17(20)19-13-14-7-1-5-11-18(14)23-19/h1-13,23H. The molecule has 0 saturated carbocycles. The molecular weight excluding hydrogens is 324 g/mol. The van der Waals surface area contributed by atoms with E-state index in [0.29, 0.717) is 16.8 Å². The Morgan fingerprint density at radius 3 is 1.92 bits per heavy atom. The van der Waals surface area contributed by atoms with Crippen molar-refractivity contribution < 1.29 is 9.59 Å². The molecule has 1 N–H and O–H groups in total. The number of hydrogen-bond acceptors (Lipinski definition) is 2. The molecule has 0 spiro atoms. The van der Waals surface area contributed by atoms with Gasteiger partial charge in [-0.25, -0.2) is 4.90 Å². The number of nitrogens with one attached hydrogen (secondary N) is 1. The van der Waals surface area contributed by atoms with Crippen molar-refractivity contribution in [1.29, 1.82) is 0 Å². The average Bonchev–Trinajstić information content (AvgIpc) is 3.22. The zero-order chi connectivity index (χ0) is 17.7. The minimum Gasteiger partial charge on any atom is -0.354 e. The van der Waals surface area contributed by atoms with Crippen LogP contribution in [-0.2, 0) is 0 Å². The van der Waals surface area contributed by atoms with E-state index in [2.05, 4.69) is 4.98 Å². The maximum Gasteiger partial charge on any atom is 0.266 e. The average molecular weight is 338 g/mol. The zero-order valence-corrected chi connectivity index (χ0v) is 13.8. The second-order valence-electron chi connectivity index (χ2n) is 6.28. The van der Waals surface area contributed by atoms with Crippen LogP contribution in [0.3, 0.4) is 0 Å². The van der Waals surface area contributed by atoms with Crippen LogP contribution in [0.25, 0.3) is 22.2 Å². The number of aromatic amines is 1. The minimum atomic E-state index is -0.283. The van der Waals surface area contributed by atoms with E-state index in [0.717, 1.165) is 22.2 Å². The van der Waals surface area contributed by atoms with E-state index in [4.69, 9.17) is 0 Å². The molecule has 0 atom stereocenters. The molecule has 1 aliphatic rings. The number of para-hydroxylation sites is 2. The summed E-state index contributed by atoms with van der Waals surface area (Å²) in [5.41, 5.74) is 4.19. The number of rotatable bonds is 2. The molecule has 0 aliphatic carbocycles. The quantitative estimate of drug-likeness (QED) is 0.542. The van der Waals surface area contributed by atoms with Crippen LogP contribution >= 0.6 is 0 Å². The Morgan fingerprint density at radius 2 is 1.23 bits per heavy atom. The Labute approximate surface area is 149 Å². The fourth-order valence-electron chi connectivity index (χ4n) is 3.52. The molecule has 1 aliphatic heterocycles. The van der Waals surface area contributed by atoms with Crippen molar-refractivity contribution in [1.82, 2.24) is 4.98 Å². The summed E-state index contributed by atoms with van der Waals surface area (Å²) in [5.74, 6) is -0.566. The zero-order valence-electron chi connectivity index (χ0n) is 13.8. The second kappa shape index (κ2) is 5.43. The number of benzene rings is 3. The first-order valence-corrected chi connectivity index (χ1v) is 8.39. The van der Waals surface area contributed by atoms with Gasteiger partial charge in [-0.15, -0.1) is 0 Å².